The molecule has 9 heteroatoms. The maximum Gasteiger partial charge on any atom is 0.206 e. The molecule has 0 saturated carbocycles. The Morgan fingerprint density at radius 2 is 2.12 bits per heavy atom. The molecule has 25 heavy (non-hydrogen) atoms. The van der Waals surface area contributed by atoms with Crippen LogP contribution in [0.2, 0.25) is 10.0 Å². The number of nitrogens with two attached hydrogens (primary N) is 1. The van der Waals surface area contributed by atoms with Crippen LogP contribution in [0.1, 0.15) is 34.7 Å². The van der Waals surface area contributed by atoms with Gasteiger partial charge in [-0.05, 0) is 55.0 Å². The molecule has 1 atom stereocenters. The molecule has 1 aromatic heterocycles. The molecule has 0 bridgehead atoms. The topological polar surface area (TPSA) is 100 Å². The Kier molecular flexibility index (Phi) is 6.21. The Hall–Kier alpha value is -1.89. The molecule has 6 nitrogen and oxygen atoms in total. The molecular weight excluding hydrogens is 383 g/mol. The van der Waals surface area contributed by atoms with Gasteiger partial charge in [0.1, 0.15) is 0 Å². The molecule has 0 fully saturated rings. The molecule has 0 spiro atoms. The predicted octanol–water partition coefficient (Wildman–Crippen LogP) is 3.43. The van der Waals surface area contributed by atoms with Crippen molar-refractivity contribution in [3.05, 3.63) is 56.8 Å². The first-order valence-electron chi connectivity index (χ1n) is 7.38. The lowest BCUT2D eigenvalue weighted by atomic mass is 9.80. The van der Waals surface area contributed by atoms with Crippen LogP contribution in [0.3, 0.4) is 0 Å². The predicted molar refractivity (Wildman–Crippen MR) is 103 cm³/mol. The molecule has 0 aliphatic heterocycles. The molecule has 3 rings (SSSR count). The number of rotatable bonds is 2. The van der Waals surface area contributed by atoms with E-state index in [1.54, 1.807) is 18.3 Å². The highest BCUT2D eigenvalue weighted by Crippen LogP contribution is 2.37. The number of benzene rings is 1. The van der Waals surface area contributed by atoms with E-state index in [2.05, 4.69) is 20.7 Å². The summed E-state index contributed by atoms with van der Waals surface area (Å²) in [4.78, 5) is 0. The lowest BCUT2D eigenvalue weighted by Gasteiger charge is -2.27. The van der Waals surface area contributed by atoms with Gasteiger partial charge in [0.2, 0.25) is 5.96 Å². The van der Waals surface area contributed by atoms with Crippen molar-refractivity contribution in [2.45, 2.75) is 25.7 Å². The SMILES string of the molecule is Cc1cnnc2c1C(=NNC(=N)N)CC(c1cc(Cl)ccc1Cl)C2.Cl. The summed E-state index contributed by atoms with van der Waals surface area (Å²) < 4.78 is 0. The highest BCUT2D eigenvalue weighted by Gasteiger charge is 2.29. The number of nitrogens with one attached hydrogen (secondary N) is 2. The number of nitrogens with zero attached hydrogens (tertiary/aromatic N) is 3. The second-order valence-corrected chi connectivity index (χ2v) is 6.55. The third-order valence-corrected chi connectivity index (χ3v) is 4.57. The number of aromatic nitrogens is 2. The zero-order valence-electron chi connectivity index (χ0n) is 13.4. The summed E-state index contributed by atoms with van der Waals surface area (Å²) in [5.41, 5.74) is 12.4. The molecule has 1 heterocycles. The summed E-state index contributed by atoms with van der Waals surface area (Å²) in [5, 5.41) is 21.2. The first-order chi connectivity index (χ1) is 11.5. The lowest BCUT2D eigenvalue weighted by Crippen LogP contribution is -2.30. The summed E-state index contributed by atoms with van der Waals surface area (Å²) >= 11 is 12.5. The number of hydrogen-bond acceptors (Lipinski definition) is 4. The number of guanidine groups is 1. The first kappa shape index (κ1) is 19.4. The van der Waals surface area contributed by atoms with Crippen LogP contribution in [0, 0.1) is 12.3 Å². The summed E-state index contributed by atoms with van der Waals surface area (Å²) in [6.07, 6.45) is 3.04. The van der Waals surface area contributed by atoms with E-state index < -0.39 is 0 Å². The number of fused-ring (bicyclic) bond motifs is 1. The quantitative estimate of drug-likeness (QED) is 0.409. The average Bonchev–Trinajstić information content (AvgIpc) is 2.54. The minimum Gasteiger partial charge on any atom is -0.369 e. The van der Waals surface area contributed by atoms with E-state index in [-0.39, 0.29) is 24.3 Å². The minimum absolute atomic E-state index is 0. The molecule has 2 aromatic rings. The molecule has 0 amide bonds. The number of hydrogen-bond donors (Lipinski definition) is 3. The Labute approximate surface area is 161 Å². The summed E-state index contributed by atoms with van der Waals surface area (Å²) in [7, 11) is 0. The second-order valence-electron chi connectivity index (χ2n) is 5.70. The van der Waals surface area contributed by atoms with Gasteiger partial charge in [0.15, 0.2) is 0 Å². The summed E-state index contributed by atoms with van der Waals surface area (Å²) in [6.45, 7) is 1.96. The van der Waals surface area contributed by atoms with Crippen LogP contribution >= 0.6 is 35.6 Å². The molecule has 1 aliphatic carbocycles. The van der Waals surface area contributed by atoms with Gasteiger partial charge >= 0.3 is 0 Å². The molecule has 0 saturated heterocycles. The Morgan fingerprint density at radius 1 is 1.36 bits per heavy atom. The molecule has 4 N–H and O–H groups in total. The maximum absolute atomic E-state index is 7.32. The Morgan fingerprint density at radius 3 is 2.84 bits per heavy atom. The van der Waals surface area contributed by atoms with Crippen LogP contribution in [0.4, 0.5) is 0 Å². The van der Waals surface area contributed by atoms with Crippen LogP contribution in [0.5, 0.6) is 0 Å². The highest BCUT2D eigenvalue weighted by atomic mass is 35.5. The fourth-order valence-corrected chi connectivity index (χ4v) is 3.43. The fourth-order valence-electron chi connectivity index (χ4n) is 2.98. The van der Waals surface area contributed by atoms with Crippen molar-refractivity contribution < 1.29 is 0 Å². The average molecular weight is 400 g/mol. The Balaban J connectivity index is 0.00000225. The van der Waals surface area contributed by atoms with Gasteiger partial charge in [-0.3, -0.25) is 5.41 Å². The lowest BCUT2D eigenvalue weighted by molar-refractivity contribution is 0.663. The normalized spacial score (nSPS) is 17.6. The first-order valence-corrected chi connectivity index (χ1v) is 8.14. The maximum atomic E-state index is 7.32. The van der Waals surface area contributed by atoms with Crippen LogP contribution in [-0.2, 0) is 6.42 Å². The monoisotopic (exact) mass is 398 g/mol. The van der Waals surface area contributed by atoms with Gasteiger partial charge in [-0.1, -0.05) is 23.2 Å². The molecule has 1 unspecified atom stereocenters. The van der Waals surface area contributed by atoms with Gasteiger partial charge in [-0.25, -0.2) is 5.43 Å². The zero-order valence-corrected chi connectivity index (χ0v) is 15.7. The van der Waals surface area contributed by atoms with Crippen molar-refractivity contribution in [3.63, 3.8) is 0 Å². The number of aryl methyl sites for hydroxylation is 1. The molecule has 1 aromatic carbocycles. The molecule has 132 valence electrons. The van der Waals surface area contributed by atoms with Gasteiger partial charge in [0.05, 0.1) is 17.6 Å². The van der Waals surface area contributed by atoms with Crippen molar-refractivity contribution in [1.29, 1.82) is 5.41 Å². The highest BCUT2D eigenvalue weighted by molar-refractivity contribution is 6.33. The van der Waals surface area contributed by atoms with Gasteiger partial charge in [0.25, 0.3) is 0 Å². The zero-order chi connectivity index (χ0) is 17.3. The minimum atomic E-state index is -0.216. The van der Waals surface area contributed by atoms with Gasteiger partial charge in [-0.2, -0.15) is 15.3 Å². The van der Waals surface area contributed by atoms with E-state index in [1.165, 1.54) is 0 Å². The third kappa shape index (κ3) is 4.21. The van der Waals surface area contributed by atoms with Crippen LogP contribution in [0.15, 0.2) is 29.5 Å². The van der Waals surface area contributed by atoms with Crippen molar-refractivity contribution in [3.8, 4) is 0 Å². The number of hydrazone groups is 1. The van der Waals surface area contributed by atoms with Crippen molar-refractivity contribution in [2.75, 3.05) is 0 Å². The standard InChI is InChI=1S/C16H16Cl2N6.ClH/c1-8-7-21-22-13-4-9(11-6-10(17)2-3-12(11)18)5-14(15(8)13)23-24-16(19)20;/h2-3,6-7,9H,4-5H2,1H3,(H4,19,20,24);1H. The van der Waals surface area contributed by atoms with Crippen LogP contribution in [0.25, 0.3) is 0 Å². The van der Waals surface area contributed by atoms with E-state index in [0.717, 1.165) is 28.1 Å². The summed E-state index contributed by atoms with van der Waals surface area (Å²) in [5.74, 6) is -0.140. The Bertz CT molecular complexity index is 837. The largest absolute Gasteiger partial charge is 0.369 e. The van der Waals surface area contributed by atoms with E-state index in [0.29, 0.717) is 22.9 Å². The smallest absolute Gasteiger partial charge is 0.206 e. The van der Waals surface area contributed by atoms with E-state index in [1.807, 2.05) is 13.0 Å². The van der Waals surface area contributed by atoms with E-state index in [9.17, 15) is 0 Å². The van der Waals surface area contributed by atoms with Crippen molar-refractivity contribution in [1.82, 2.24) is 15.6 Å². The fraction of sp³-hybridized carbons (Fsp3) is 0.250. The summed E-state index contributed by atoms with van der Waals surface area (Å²) in [6, 6.07) is 5.43. The second kappa shape index (κ2) is 7.99. The van der Waals surface area contributed by atoms with E-state index >= 15 is 0 Å². The molecule has 0 radical (unpaired) electrons. The van der Waals surface area contributed by atoms with Crippen molar-refractivity contribution >= 4 is 47.3 Å². The van der Waals surface area contributed by atoms with Crippen molar-refractivity contribution in [2.24, 2.45) is 10.8 Å². The van der Waals surface area contributed by atoms with Crippen LogP contribution < -0.4 is 11.2 Å². The third-order valence-electron chi connectivity index (χ3n) is 3.99. The molecular formula is C16H17Cl3N6. The molecule has 1 aliphatic rings. The van der Waals surface area contributed by atoms with Gasteiger partial charge in [0, 0.05) is 15.6 Å². The number of halogens is 3. The van der Waals surface area contributed by atoms with Crippen LogP contribution in [-0.4, -0.2) is 21.9 Å². The van der Waals surface area contributed by atoms with Gasteiger partial charge < -0.3 is 5.73 Å². The van der Waals surface area contributed by atoms with E-state index in [4.69, 9.17) is 34.3 Å². The van der Waals surface area contributed by atoms with Gasteiger partial charge in [-0.15, -0.1) is 12.4 Å².